The van der Waals surface area contributed by atoms with Gasteiger partial charge in [0.25, 0.3) is 0 Å². The molecule has 0 spiro atoms. The Bertz CT molecular complexity index is 1380. The van der Waals surface area contributed by atoms with Crippen molar-refractivity contribution in [1.82, 2.24) is 0 Å². The fourth-order valence-electron chi connectivity index (χ4n) is 3.57. The summed E-state index contributed by atoms with van der Waals surface area (Å²) in [6, 6.07) is 22.4. The Kier molecular flexibility index (Phi) is 6.41. The van der Waals surface area contributed by atoms with E-state index in [0.717, 1.165) is 10.9 Å². The zero-order valence-corrected chi connectivity index (χ0v) is 18.8. The number of hydrogen-bond donors (Lipinski definition) is 1. The van der Waals surface area contributed by atoms with Crippen LogP contribution in [0, 0.1) is 0 Å². The quantitative estimate of drug-likeness (QED) is 0.285. The maximum atomic E-state index is 12.6. The molecule has 1 N–H and O–H groups in total. The minimum Gasteiger partial charge on any atom is -0.495 e. The van der Waals surface area contributed by atoms with Crippen molar-refractivity contribution in [1.29, 1.82) is 0 Å². The second-order valence-corrected chi connectivity index (χ2v) is 8.04. The number of carbonyl (C=O) groups is 1. The van der Waals surface area contributed by atoms with E-state index in [1.807, 2.05) is 30.3 Å². The molecule has 3 aromatic carbocycles. The second-order valence-electron chi connectivity index (χ2n) is 8.04. The van der Waals surface area contributed by atoms with E-state index in [0.29, 0.717) is 34.1 Å². The van der Waals surface area contributed by atoms with Crippen molar-refractivity contribution in [2.24, 2.45) is 0 Å². The van der Waals surface area contributed by atoms with Gasteiger partial charge in [-0.3, -0.25) is 4.79 Å². The fourth-order valence-corrected chi connectivity index (χ4v) is 3.57. The van der Waals surface area contributed by atoms with E-state index in [-0.39, 0.29) is 5.91 Å². The number of rotatable bonds is 6. The first kappa shape index (κ1) is 22.1. The molecule has 0 aliphatic carbocycles. The van der Waals surface area contributed by atoms with Crippen LogP contribution in [0.5, 0.6) is 5.75 Å². The van der Waals surface area contributed by atoms with Gasteiger partial charge in [0.05, 0.1) is 18.4 Å². The van der Waals surface area contributed by atoms with Gasteiger partial charge in [0.15, 0.2) is 0 Å². The molecule has 0 aliphatic rings. The lowest BCUT2D eigenvalue weighted by atomic mass is 10.0. The molecule has 0 saturated carbocycles. The number of benzene rings is 3. The zero-order chi connectivity index (χ0) is 23.4. The Labute approximate surface area is 192 Å². The van der Waals surface area contributed by atoms with Crippen LogP contribution in [0.15, 0.2) is 88.1 Å². The van der Waals surface area contributed by atoms with Crippen LogP contribution in [0.3, 0.4) is 0 Å². The van der Waals surface area contributed by atoms with Crippen molar-refractivity contribution in [3.8, 4) is 16.9 Å². The number of carbonyl (C=O) groups excluding carboxylic acids is 1. The van der Waals surface area contributed by atoms with Gasteiger partial charge < -0.3 is 14.5 Å². The molecule has 5 heteroatoms. The monoisotopic (exact) mass is 439 g/mol. The van der Waals surface area contributed by atoms with Crippen molar-refractivity contribution in [2.75, 3.05) is 12.4 Å². The number of ether oxygens (including phenoxy) is 1. The smallest absolute Gasteiger partial charge is 0.344 e. The summed E-state index contributed by atoms with van der Waals surface area (Å²) in [6.07, 6.45) is 3.23. The van der Waals surface area contributed by atoms with Gasteiger partial charge in [0.1, 0.15) is 11.3 Å². The maximum Gasteiger partial charge on any atom is 0.344 e. The van der Waals surface area contributed by atoms with E-state index in [4.69, 9.17) is 9.15 Å². The molecule has 0 unspecified atom stereocenters. The summed E-state index contributed by atoms with van der Waals surface area (Å²) in [5.41, 5.74) is 3.76. The third kappa shape index (κ3) is 5.04. The van der Waals surface area contributed by atoms with E-state index in [1.54, 1.807) is 36.4 Å². The van der Waals surface area contributed by atoms with E-state index in [1.165, 1.54) is 18.7 Å². The number of hydrogen-bond acceptors (Lipinski definition) is 4. The predicted octanol–water partition coefficient (Wildman–Crippen LogP) is 6.24. The molecule has 0 radical (unpaired) electrons. The third-order valence-corrected chi connectivity index (χ3v) is 5.44. The van der Waals surface area contributed by atoms with Gasteiger partial charge in [0.2, 0.25) is 5.91 Å². The summed E-state index contributed by atoms with van der Waals surface area (Å²) < 4.78 is 10.8. The highest BCUT2D eigenvalue weighted by atomic mass is 16.5. The van der Waals surface area contributed by atoms with Crippen LogP contribution >= 0.6 is 0 Å². The Morgan fingerprint density at radius 1 is 1.00 bits per heavy atom. The third-order valence-electron chi connectivity index (χ3n) is 5.44. The van der Waals surface area contributed by atoms with Crippen LogP contribution in [-0.4, -0.2) is 13.0 Å². The standard InChI is InChI=1S/C28H25NO4/c1-18(2)20-11-8-19(9-12-20)10-15-27(30)29-24-17-21(13-14-26(24)32-3)23-16-22-6-4-5-7-25(22)33-28(23)31/h4-18H,1-3H3,(H,29,30). The average Bonchev–Trinajstić information content (AvgIpc) is 2.82. The molecule has 4 aromatic rings. The van der Waals surface area contributed by atoms with E-state index >= 15 is 0 Å². The zero-order valence-electron chi connectivity index (χ0n) is 18.8. The van der Waals surface area contributed by atoms with Crippen molar-refractivity contribution in [3.05, 3.63) is 100 Å². The highest BCUT2D eigenvalue weighted by Crippen LogP contribution is 2.30. The summed E-state index contributed by atoms with van der Waals surface area (Å²) in [7, 11) is 1.53. The van der Waals surface area contributed by atoms with Crippen molar-refractivity contribution >= 4 is 28.6 Å². The number of anilines is 1. The van der Waals surface area contributed by atoms with Crippen LogP contribution in [0.25, 0.3) is 28.2 Å². The van der Waals surface area contributed by atoms with Crippen molar-refractivity contribution < 1.29 is 13.9 Å². The lowest BCUT2D eigenvalue weighted by Crippen LogP contribution is -2.10. The van der Waals surface area contributed by atoms with Crippen LogP contribution in [-0.2, 0) is 4.79 Å². The van der Waals surface area contributed by atoms with E-state index < -0.39 is 5.63 Å². The molecule has 1 aromatic heterocycles. The molecular weight excluding hydrogens is 414 g/mol. The van der Waals surface area contributed by atoms with Gasteiger partial charge >= 0.3 is 5.63 Å². The Morgan fingerprint density at radius 2 is 1.76 bits per heavy atom. The molecular formula is C28H25NO4. The number of fused-ring (bicyclic) bond motifs is 1. The number of nitrogens with one attached hydrogen (secondary N) is 1. The summed E-state index contributed by atoms with van der Waals surface area (Å²) >= 11 is 0. The molecule has 5 nitrogen and oxygen atoms in total. The topological polar surface area (TPSA) is 68.5 Å². The number of methoxy groups -OCH3 is 1. The van der Waals surface area contributed by atoms with Crippen LogP contribution < -0.4 is 15.7 Å². The summed E-state index contributed by atoms with van der Waals surface area (Å²) in [4.78, 5) is 25.1. The van der Waals surface area contributed by atoms with Gasteiger partial charge in [-0.15, -0.1) is 0 Å². The normalized spacial score (nSPS) is 11.3. The van der Waals surface area contributed by atoms with Crippen LogP contribution in [0.2, 0.25) is 0 Å². The van der Waals surface area contributed by atoms with Gasteiger partial charge in [-0.05, 0) is 52.9 Å². The Hall–Kier alpha value is -4.12. The Balaban J connectivity index is 1.59. The molecule has 0 saturated heterocycles. The maximum absolute atomic E-state index is 12.6. The largest absolute Gasteiger partial charge is 0.495 e. The SMILES string of the molecule is COc1ccc(-c2cc3ccccc3oc2=O)cc1NC(=O)C=Cc1ccc(C(C)C)cc1. The molecule has 166 valence electrons. The van der Waals surface area contributed by atoms with Gasteiger partial charge in [-0.2, -0.15) is 0 Å². The predicted molar refractivity (Wildman–Crippen MR) is 133 cm³/mol. The van der Waals surface area contributed by atoms with E-state index in [2.05, 4.69) is 31.3 Å². The number of amides is 1. The molecule has 33 heavy (non-hydrogen) atoms. The highest BCUT2D eigenvalue weighted by Gasteiger charge is 2.12. The summed E-state index contributed by atoms with van der Waals surface area (Å²) in [6.45, 7) is 4.28. The molecule has 0 bridgehead atoms. The molecule has 0 atom stereocenters. The first-order valence-electron chi connectivity index (χ1n) is 10.7. The van der Waals surface area contributed by atoms with Gasteiger partial charge in [-0.1, -0.05) is 62.4 Å². The van der Waals surface area contributed by atoms with Crippen LogP contribution in [0.1, 0.15) is 30.9 Å². The van der Waals surface area contributed by atoms with E-state index in [9.17, 15) is 9.59 Å². The lowest BCUT2D eigenvalue weighted by molar-refractivity contribution is -0.111. The number of para-hydroxylation sites is 1. The average molecular weight is 440 g/mol. The molecule has 4 rings (SSSR count). The molecule has 1 heterocycles. The van der Waals surface area contributed by atoms with Crippen molar-refractivity contribution in [3.63, 3.8) is 0 Å². The highest BCUT2D eigenvalue weighted by molar-refractivity contribution is 6.03. The fraction of sp³-hybridized carbons (Fsp3) is 0.143. The van der Waals surface area contributed by atoms with Gasteiger partial charge in [-0.25, -0.2) is 4.79 Å². The summed E-state index contributed by atoms with van der Waals surface area (Å²) in [5, 5.41) is 3.66. The second kappa shape index (κ2) is 9.57. The minimum atomic E-state index is -0.444. The van der Waals surface area contributed by atoms with Crippen molar-refractivity contribution in [2.45, 2.75) is 19.8 Å². The molecule has 0 aliphatic heterocycles. The molecule has 0 fully saturated rings. The lowest BCUT2D eigenvalue weighted by Gasteiger charge is -2.11. The van der Waals surface area contributed by atoms with Gasteiger partial charge in [0, 0.05) is 11.5 Å². The Morgan fingerprint density at radius 3 is 2.48 bits per heavy atom. The van der Waals surface area contributed by atoms with Crippen LogP contribution in [0.4, 0.5) is 5.69 Å². The first-order valence-corrected chi connectivity index (χ1v) is 10.7. The minimum absolute atomic E-state index is 0.302. The summed E-state index contributed by atoms with van der Waals surface area (Å²) in [5.74, 6) is 0.645. The molecule has 1 amide bonds. The first-order chi connectivity index (χ1) is 15.9.